The van der Waals surface area contributed by atoms with Gasteiger partial charge in [-0.1, -0.05) is 35.9 Å². The van der Waals surface area contributed by atoms with Gasteiger partial charge in [0.25, 0.3) is 0 Å². The average Bonchev–Trinajstić information content (AvgIpc) is 2.60. The van der Waals surface area contributed by atoms with Crippen molar-refractivity contribution in [1.82, 2.24) is 4.90 Å². The van der Waals surface area contributed by atoms with Gasteiger partial charge in [-0.15, -0.1) is 0 Å². The number of aliphatic hydroxyl groups excluding tert-OH is 1. The van der Waals surface area contributed by atoms with Gasteiger partial charge in [0.05, 0.1) is 19.8 Å². The number of carbonyl (C=O) groups excluding carboxylic acids is 1. The minimum atomic E-state index is -0.854. The molecule has 1 amide bonds. The van der Waals surface area contributed by atoms with Crippen LogP contribution in [-0.2, 0) is 11.3 Å². The number of nitrogens with zero attached hydrogens (tertiary/aromatic N) is 1. The van der Waals surface area contributed by atoms with Crippen LogP contribution in [0.1, 0.15) is 38.0 Å². The first-order valence-corrected chi connectivity index (χ1v) is 9.10. The molecule has 1 unspecified atom stereocenters. The van der Waals surface area contributed by atoms with Crippen LogP contribution in [0.15, 0.2) is 48.5 Å². The Morgan fingerprint density at radius 1 is 1.11 bits per heavy atom. The highest BCUT2D eigenvalue weighted by atomic mass is 35.5. The molecule has 2 aromatic carbocycles. The van der Waals surface area contributed by atoms with Crippen molar-refractivity contribution in [2.75, 3.05) is 13.7 Å². The van der Waals surface area contributed by atoms with E-state index in [-0.39, 0.29) is 6.54 Å². The fraction of sp³-hybridized carbons (Fsp3) is 0.381. The Hall–Kier alpha value is -2.24. The predicted molar refractivity (Wildman–Crippen MR) is 106 cm³/mol. The number of amides is 1. The minimum Gasteiger partial charge on any atom is -0.497 e. The third-order valence-corrected chi connectivity index (χ3v) is 4.08. The van der Waals surface area contributed by atoms with Crippen LogP contribution in [0.5, 0.6) is 5.75 Å². The highest BCUT2D eigenvalue weighted by Crippen LogP contribution is 2.21. The molecule has 0 saturated heterocycles. The molecule has 1 atom stereocenters. The van der Waals surface area contributed by atoms with Gasteiger partial charge >= 0.3 is 6.09 Å². The first kappa shape index (κ1) is 21.1. The normalized spacial score (nSPS) is 12.4. The highest BCUT2D eigenvalue weighted by Gasteiger charge is 2.25. The van der Waals surface area contributed by atoms with E-state index in [1.54, 1.807) is 31.4 Å². The molecule has 6 heteroatoms. The van der Waals surface area contributed by atoms with Crippen molar-refractivity contribution in [2.24, 2.45) is 0 Å². The number of hydrogen-bond acceptors (Lipinski definition) is 4. The molecule has 2 aromatic rings. The van der Waals surface area contributed by atoms with Crippen LogP contribution >= 0.6 is 11.6 Å². The van der Waals surface area contributed by atoms with E-state index in [1.807, 2.05) is 45.0 Å². The third-order valence-electron chi connectivity index (χ3n) is 3.83. The maximum Gasteiger partial charge on any atom is 0.410 e. The van der Waals surface area contributed by atoms with Crippen LogP contribution < -0.4 is 4.74 Å². The number of benzene rings is 2. The summed E-state index contributed by atoms with van der Waals surface area (Å²) in [6.07, 6.45) is -1.33. The summed E-state index contributed by atoms with van der Waals surface area (Å²) < 4.78 is 10.7. The summed E-state index contributed by atoms with van der Waals surface area (Å²) in [4.78, 5) is 14.1. The van der Waals surface area contributed by atoms with Gasteiger partial charge in [0, 0.05) is 11.6 Å². The van der Waals surface area contributed by atoms with Gasteiger partial charge in [0.2, 0.25) is 0 Å². The summed E-state index contributed by atoms with van der Waals surface area (Å²) in [5, 5.41) is 11.2. The van der Waals surface area contributed by atoms with Crippen molar-refractivity contribution in [3.63, 3.8) is 0 Å². The zero-order valence-electron chi connectivity index (χ0n) is 16.1. The smallest absolute Gasteiger partial charge is 0.410 e. The molecule has 0 bridgehead atoms. The molecular formula is C21H26ClNO4. The van der Waals surface area contributed by atoms with Crippen LogP contribution in [-0.4, -0.2) is 35.4 Å². The lowest BCUT2D eigenvalue weighted by Crippen LogP contribution is -2.38. The molecule has 0 aliphatic carbocycles. The van der Waals surface area contributed by atoms with Crippen LogP contribution in [0, 0.1) is 0 Å². The summed E-state index contributed by atoms with van der Waals surface area (Å²) in [5.74, 6) is 0.740. The molecule has 0 aromatic heterocycles. The van der Waals surface area contributed by atoms with E-state index < -0.39 is 17.8 Å². The van der Waals surface area contributed by atoms with Gasteiger partial charge in [-0.25, -0.2) is 4.79 Å². The lowest BCUT2D eigenvalue weighted by molar-refractivity contribution is 0.0124. The average molecular weight is 392 g/mol. The molecule has 146 valence electrons. The predicted octanol–water partition coefficient (Wildman–Crippen LogP) is 4.82. The molecule has 2 rings (SSSR count). The van der Waals surface area contributed by atoms with E-state index in [1.165, 1.54) is 4.90 Å². The van der Waals surface area contributed by atoms with E-state index in [2.05, 4.69) is 0 Å². The lowest BCUT2D eigenvalue weighted by Gasteiger charge is -2.29. The van der Waals surface area contributed by atoms with Crippen molar-refractivity contribution >= 4 is 17.7 Å². The Morgan fingerprint density at radius 2 is 1.70 bits per heavy atom. The number of ether oxygens (including phenoxy) is 2. The number of carbonyl (C=O) groups is 1. The van der Waals surface area contributed by atoms with E-state index in [0.29, 0.717) is 17.1 Å². The Balaban J connectivity index is 2.17. The third kappa shape index (κ3) is 6.77. The monoisotopic (exact) mass is 391 g/mol. The largest absolute Gasteiger partial charge is 0.497 e. The number of methoxy groups -OCH3 is 1. The second-order valence-corrected chi connectivity index (χ2v) is 7.71. The van der Waals surface area contributed by atoms with E-state index in [4.69, 9.17) is 21.1 Å². The molecular weight excluding hydrogens is 366 g/mol. The van der Waals surface area contributed by atoms with Crippen LogP contribution in [0.25, 0.3) is 0 Å². The molecule has 1 N–H and O–H groups in total. The second kappa shape index (κ2) is 9.11. The number of aliphatic hydroxyl groups is 1. The van der Waals surface area contributed by atoms with Crippen molar-refractivity contribution in [3.05, 3.63) is 64.7 Å². The molecule has 0 aliphatic heterocycles. The molecule has 0 spiro atoms. The number of rotatable bonds is 6. The number of hydrogen-bond donors (Lipinski definition) is 1. The first-order chi connectivity index (χ1) is 12.7. The summed E-state index contributed by atoms with van der Waals surface area (Å²) in [7, 11) is 1.60. The molecule has 0 heterocycles. The van der Waals surface area contributed by atoms with Crippen molar-refractivity contribution in [3.8, 4) is 5.75 Å². The van der Waals surface area contributed by atoms with Gasteiger partial charge in [0.1, 0.15) is 11.4 Å². The van der Waals surface area contributed by atoms with E-state index >= 15 is 0 Å². The van der Waals surface area contributed by atoms with Gasteiger partial charge in [0.15, 0.2) is 0 Å². The first-order valence-electron chi connectivity index (χ1n) is 8.72. The highest BCUT2D eigenvalue weighted by molar-refractivity contribution is 6.30. The van der Waals surface area contributed by atoms with E-state index in [9.17, 15) is 9.90 Å². The molecule has 0 aliphatic rings. The van der Waals surface area contributed by atoms with Gasteiger partial charge < -0.3 is 19.5 Å². The molecule has 0 radical (unpaired) electrons. The Morgan fingerprint density at radius 3 is 2.22 bits per heavy atom. The van der Waals surface area contributed by atoms with Gasteiger partial charge in [-0.05, 0) is 56.2 Å². The van der Waals surface area contributed by atoms with Crippen molar-refractivity contribution < 1.29 is 19.4 Å². The van der Waals surface area contributed by atoms with Gasteiger partial charge in [-0.2, -0.15) is 0 Å². The standard InChI is InChI=1S/C21H26ClNO4/c1-21(2,3)27-20(25)23(13-15-5-11-18(26-4)12-6-15)14-19(24)16-7-9-17(22)10-8-16/h5-12,19,24H,13-14H2,1-4H3. The summed E-state index contributed by atoms with van der Waals surface area (Å²) in [5.41, 5.74) is 0.966. The topological polar surface area (TPSA) is 59.0 Å². The molecule has 0 saturated carbocycles. The fourth-order valence-electron chi connectivity index (χ4n) is 2.48. The molecule has 27 heavy (non-hydrogen) atoms. The Labute approximate surface area is 165 Å². The zero-order chi connectivity index (χ0) is 20.0. The van der Waals surface area contributed by atoms with E-state index in [0.717, 1.165) is 11.3 Å². The maximum atomic E-state index is 12.7. The summed E-state index contributed by atoms with van der Waals surface area (Å²) in [6.45, 7) is 5.84. The fourth-order valence-corrected chi connectivity index (χ4v) is 2.61. The van der Waals surface area contributed by atoms with Crippen molar-refractivity contribution in [2.45, 2.75) is 39.0 Å². The number of halogens is 1. The Bertz CT molecular complexity index is 738. The van der Waals surface area contributed by atoms with Crippen molar-refractivity contribution in [1.29, 1.82) is 0 Å². The maximum absolute atomic E-state index is 12.7. The molecule has 0 fully saturated rings. The van der Waals surface area contributed by atoms with Crippen LogP contribution in [0.4, 0.5) is 4.79 Å². The lowest BCUT2D eigenvalue weighted by atomic mass is 10.1. The summed E-state index contributed by atoms with van der Waals surface area (Å²) >= 11 is 5.90. The second-order valence-electron chi connectivity index (χ2n) is 7.28. The zero-order valence-corrected chi connectivity index (χ0v) is 16.9. The van der Waals surface area contributed by atoms with Crippen LogP contribution in [0.2, 0.25) is 5.02 Å². The van der Waals surface area contributed by atoms with Gasteiger partial charge in [-0.3, -0.25) is 0 Å². The quantitative estimate of drug-likeness (QED) is 0.766. The minimum absolute atomic E-state index is 0.0998. The summed E-state index contributed by atoms with van der Waals surface area (Å²) in [6, 6.07) is 14.3. The molecule has 5 nitrogen and oxygen atoms in total. The Kier molecular flexibility index (Phi) is 7.11. The SMILES string of the molecule is COc1ccc(CN(CC(O)c2ccc(Cl)cc2)C(=O)OC(C)(C)C)cc1. The van der Waals surface area contributed by atoms with Crippen LogP contribution in [0.3, 0.4) is 0 Å².